The fourth-order valence-electron chi connectivity index (χ4n) is 2.26. The number of hydrogen-bond acceptors (Lipinski definition) is 3. The second-order valence-electron chi connectivity index (χ2n) is 4.60. The number of fused-ring (bicyclic) bond motifs is 1. The van der Waals surface area contributed by atoms with Gasteiger partial charge in [0.2, 0.25) is 5.91 Å². The Kier molecular flexibility index (Phi) is 6.55. The molecule has 1 aromatic rings. The highest BCUT2D eigenvalue weighted by atomic mass is 35.5. The Bertz CT molecular complexity index is 497. The highest BCUT2D eigenvalue weighted by molar-refractivity contribution is 6.35. The maximum absolute atomic E-state index is 12.1. The first-order valence-electron chi connectivity index (χ1n) is 6.03. The Balaban J connectivity index is 0.00000200. The molecule has 2 rings (SSSR count). The zero-order valence-corrected chi connectivity index (χ0v) is 13.4. The van der Waals surface area contributed by atoms with Gasteiger partial charge in [-0.15, -0.1) is 12.4 Å². The molecule has 2 N–H and O–H groups in total. The van der Waals surface area contributed by atoms with E-state index in [1.54, 1.807) is 11.0 Å². The first-order chi connectivity index (χ1) is 9.02. The van der Waals surface area contributed by atoms with Gasteiger partial charge in [0.05, 0.1) is 6.61 Å². The van der Waals surface area contributed by atoms with E-state index in [1.165, 1.54) is 7.11 Å². The van der Waals surface area contributed by atoms with Crippen LogP contribution in [0.1, 0.15) is 11.1 Å². The van der Waals surface area contributed by atoms with E-state index in [0.29, 0.717) is 23.1 Å². The molecule has 1 amide bonds. The van der Waals surface area contributed by atoms with Crippen molar-refractivity contribution >= 4 is 41.5 Å². The van der Waals surface area contributed by atoms with Crippen molar-refractivity contribution in [3.63, 3.8) is 0 Å². The minimum absolute atomic E-state index is 0. The molecule has 0 saturated heterocycles. The molecule has 1 aliphatic rings. The number of methoxy groups -OCH3 is 1. The summed E-state index contributed by atoms with van der Waals surface area (Å²) in [7, 11) is 1.53. The van der Waals surface area contributed by atoms with Crippen molar-refractivity contribution < 1.29 is 9.53 Å². The summed E-state index contributed by atoms with van der Waals surface area (Å²) in [5.41, 5.74) is 7.82. The number of nitrogens with zero attached hydrogens (tertiary/aromatic N) is 1. The zero-order valence-electron chi connectivity index (χ0n) is 11.1. The van der Waals surface area contributed by atoms with Gasteiger partial charge in [-0.05, 0) is 29.7 Å². The molecule has 1 atom stereocenters. The summed E-state index contributed by atoms with van der Waals surface area (Å²) in [6.07, 6.45) is 0.737. The molecule has 20 heavy (non-hydrogen) atoms. The summed E-state index contributed by atoms with van der Waals surface area (Å²) in [4.78, 5) is 13.8. The lowest BCUT2D eigenvalue weighted by atomic mass is 9.99. The topological polar surface area (TPSA) is 55.6 Å². The lowest BCUT2D eigenvalue weighted by molar-refractivity contribution is -0.134. The molecule has 1 unspecified atom stereocenters. The Morgan fingerprint density at radius 1 is 1.50 bits per heavy atom. The molecule has 0 aliphatic carbocycles. The summed E-state index contributed by atoms with van der Waals surface area (Å²) >= 11 is 12.2. The van der Waals surface area contributed by atoms with Crippen molar-refractivity contribution in [3.8, 4) is 0 Å². The van der Waals surface area contributed by atoms with E-state index in [2.05, 4.69) is 0 Å². The van der Waals surface area contributed by atoms with Crippen LogP contribution in [0.5, 0.6) is 0 Å². The minimum atomic E-state index is -0.627. The summed E-state index contributed by atoms with van der Waals surface area (Å²) in [6, 6.07) is 2.97. The average molecular weight is 340 g/mol. The number of carbonyl (C=O) groups excluding carboxylic acids is 1. The largest absolute Gasteiger partial charge is 0.383 e. The van der Waals surface area contributed by atoms with E-state index < -0.39 is 6.04 Å². The summed E-state index contributed by atoms with van der Waals surface area (Å²) in [5.74, 6) is -0.112. The highest BCUT2D eigenvalue weighted by Crippen LogP contribution is 2.30. The van der Waals surface area contributed by atoms with Gasteiger partial charge in [-0.2, -0.15) is 0 Å². The number of hydrogen-bond donors (Lipinski definition) is 1. The molecule has 0 aromatic heterocycles. The van der Waals surface area contributed by atoms with Crippen LogP contribution < -0.4 is 5.73 Å². The van der Waals surface area contributed by atoms with Crippen LogP contribution in [0.2, 0.25) is 10.0 Å². The van der Waals surface area contributed by atoms with Crippen molar-refractivity contribution in [2.45, 2.75) is 19.0 Å². The van der Waals surface area contributed by atoms with Crippen molar-refractivity contribution in [3.05, 3.63) is 33.3 Å². The van der Waals surface area contributed by atoms with Gasteiger partial charge < -0.3 is 15.4 Å². The fourth-order valence-corrected chi connectivity index (χ4v) is 2.85. The van der Waals surface area contributed by atoms with Gasteiger partial charge in [0.15, 0.2) is 0 Å². The molecule has 1 heterocycles. The molecule has 0 radical (unpaired) electrons. The smallest absolute Gasteiger partial charge is 0.242 e. The third-order valence-corrected chi connectivity index (χ3v) is 3.78. The second kappa shape index (κ2) is 7.48. The van der Waals surface area contributed by atoms with E-state index in [1.807, 2.05) is 6.07 Å². The molecular formula is C13H17Cl3N2O2. The number of amides is 1. The number of rotatable bonds is 3. The Hall–Kier alpha value is -0.520. The summed E-state index contributed by atoms with van der Waals surface area (Å²) in [5, 5.41) is 1.22. The SMILES string of the molecule is COCC(N)C(=O)N1CCc2cc(Cl)cc(Cl)c2C1.Cl. The number of halogens is 3. The highest BCUT2D eigenvalue weighted by Gasteiger charge is 2.26. The van der Waals surface area contributed by atoms with Gasteiger partial charge >= 0.3 is 0 Å². The molecule has 0 saturated carbocycles. The standard InChI is InChI=1S/C13H16Cl2N2O2.ClH/c1-19-7-12(16)13(18)17-3-2-8-4-9(14)5-11(15)10(8)6-17;/h4-5,12H,2-3,6-7,16H2,1H3;1H. The third kappa shape index (κ3) is 3.77. The number of ether oxygens (including phenoxy) is 1. The molecule has 1 aliphatic heterocycles. The van der Waals surface area contributed by atoms with E-state index in [-0.39, 0.29) is 24.9 Å². The number of benzene rings is 1. The molecule has 0 spiro atoms. The summed E-state index contributed by atoms with van der Waals surface area (Å²) in [6.45, 7) is 1.32. The van der Waals surface area contributed by atoms with Crippen LogP contribution in [0.15, 0.2) is 12.1 Å². The van der Waals surface area contributed by atoms with E-state index >= 15 is 0 Å². The quantitative estimate of drug-likeness (QED) is 0.919. The van der Waals surface area contributed by atoms with Gasteiger partial charge in [-0.25, -0.2) is 0 Å². The third-order valence-electron chi connectivity index (χ3n) is 3.23. The minimum Gasteiger partial charge on any atom is -0.383 e. The first kappa shape index (κ1) is 17.5. The average Bonchev–Trinajstić information content (AvgIpc) is 2.37. The van der Waals surface area contributed by atoms with Crippen molar-refractivity contribution in [2.75, 3.05) is 20.3 Å². The molecular weight excluding hydrogens is 323 g/mol. The van der Waals surface area contributed by atoms with Crippen molar-refractivity contribution in [2.24, 2.45) is 5.73 Å². The lowest BCUT2D eigenvalue weighted by Crippen LogP contribution is -2.47. The zero-order chi connectivity index (χ0) is 14.0. The molecule has 7 heteroatoms. The first-order valence-corrected chi connectivity index (χ1v) is 6.78. The normalized spacial score (nSPS) is 15.3. The van der Waals surface area contributed by atoms with Gasteiger partial charge in [0, 0.05) is 30.2 Å². The Labute approximate surface area is 134 Å². The van der Waals surface area contributed by atoms with Crippen LogP contribution in [0.25, 0.3) is 0 Å². The Morgan fingerprint density at radius 3 is 2.85 bits per heavy atom. The van der Waals surface area contributed by atoms with E-state index in [0.717, 1.165) is 17.5 Å². The van der Waals surface area contributed by atoms with Crippen LogP contribution in [0.4, 0.5) is 0 Å². The molecule has 112 valence electrons. The van der Waals surface area contributed by atoms with E-state index in [4.69, 9.17) is 33.7 Å². The number of carbonyl (C=O) groups is 1. The van der Waals surface area contributed by atoms with Crippen LogP contribution in [-0.4, -0.2) is 37.1 Å². The van der Waals surface area contributed by atoms with Crippen molar-refractivity contribution in [1.29, 1.82) is 0 Å². The van der Waals surface area contributed by atoms with Crippen LogP contribution in [0.3, 0.4) is 0 Å². The van der Waals surface area contributed by atoms with Gasteiger partial charge in [0.1, 0.15) is 6.04 Å². The van der Waals surface area contributed by atoms with Gasteiger partial charge in [-0.1, -0.05) is 23.2 Å². The van der Waals surface area contributed by atoms with Crippen LogP contribution in [0, 0.1) is 0 Å². The maximum Gasteiger partial charge on any atom is 0.242 e. The Morgan fingerprint density at radius 2 is 2.20 bits per heavy atom. The molecule has 0 fully saturated rings. The van der Waals surface area contributed by atoms with Crippen LogP contribution in [-0.2, 0) is 22.5 Å². The second-order valence-corrected chi connectivity index (χ2v) is 5.44. The van der Waals surface area contributed by atoms with Crippen LogP contribution >= 0.6 is 35.6 Å². The maximum atomic E-state index is 12.1. The van der Waals surface area contributed by atoms with Crippen molar-refractivity contribution in [1.82, 2.24) is 4.90 Å². The predicted molar refractivity (Wildman–Crippen MR) is 82.7 cm³/mol. The van der Waals surface area contributed by atoms with Gasteiger partial charge in [0.25, 0.3) is 0 Å². The lowest BCUT2D eigenvalue weighted by Gasteiger charge is -2.31. The summed E-state index contributed by atoms with van der Waals surface area (Å²) < 4.78 is 4.91. The monoisotopic (exact) mass is 338 g/mol. The van der Waals surface area contributed by atoms with E-state index in [9.17, 15) is 4.79 Å². The predicted octanol–water partition coefficient (Wildman–Crippen LogP) is 2.27. The molecule has 1 aromatic carbocycles. The van der Waals surface area contributed by atoms with Gasteiger partial charge in [-0.3, -0.25) is 4.79 Å². The fraction of sp³-hybridized carbons (Fsp3) is 0.462. The molecule has 4 nitrogen and oxygen atoms in total. The molecule has 0 bridgehead atoms. The number of nitrogens with two attached hydrogens (primary N) is 1.